The lowest BCUT2D eigenvalue weighted by Crippen LogP contribution is -2.29. The molecule has 2 aromatic carbocycles. The molecule has 23 heavy (non-hydrogen) atoms. The largest absolute Gasteiger partial charge is 0.377 e. The standard InChI is InChI=1S/C21H22BrN/c1-13(2)14-9-11-15(12-10-14)20-17-6-3-5-16(17)18-7-4-8-19(22)21(18)23-20/h3-5,7-13,16-17,20,23H,6H2,1-2H3. The SMILES string of the molecule is CC(C)c1ccc(C2Nc3c(Br)cccc3C3C=CCC32)cc1. The first-order valence-electron chi connectivity index (χ1n) is 8.46. The fourth-order valence-electron chi connectivity index (χ4n) is 4.00. The summed E-state index contributed by atoms with van der Waals surface area (Å²) in [4.78, 5) is 0. The summed E-state index contributed by atoms with van der Waals surface area (Å²) in [6.07, 6.45) is 5.90. The Morgan fingerprint density at radius 1 is 1.09 bits per heavy atom. The molecule has 0 aromatic heterocycles. The summed E-state index contributed by atoms with van der Waals surface area (Å²) in [6.45, 7) is 4.50. The maximum Gasteiger partial charge on any atom is 0.0554 e. The van der Waals surface area contributed by atoms with Crippen LogP contribution in [0.5, 0.6) is 0 Å². The normalized spacial score (nSPS) is 25.1. The Labute approximate surface area is 146 Å². The number of rotatable bonds is 2. The number of benzene rings is 2. The quantitative estimate of drug-likeness (QED) is 0.605. The summed E-state index contributed by atoms with van der Waals surface area (Å²) in [5.74, 6) is 1.72. The zero-order valence-corrected chi connectivity index (χ0v) is 15.2. The van der Waals surface area contributed by atoms with Gasteiger partial charge in [-0.05, 0) is 56.9 Å². The van der Waals surface area contributed by atoms with Gasteiger partial charge in [0.15, 0.2) is 0 Å². The average molecular weight is 368 g/mol. The van der Waals surface area contributed by atoms with E-state index in [-0.39, 0.29) is 0 Å². The van der Waals surface area contributed by atoms with E-state index in [4.69, 9.17) is 0 Å². The first kappa shape index (κ1) is 15.0. The molecule has 1 N–H and O–H groups in total. The molecule has 2 aliphatic rings. The fourth-order valence-corrected chi connectivity index (χ4v) is 4.50. The number of halogens is 1. The highest BCUT2D eigenvalue weighted by atomic mass is 79.9. The van der Waals surface area contributed by atoms with Crippen LogP contribution in [0.1, 0.15) is 54.8 Å². The predicted octanol–water partition coefficient (Wildman–Crippen LogP) is 6.40. The Bertz CT molecular complexity index is 745. The van der Waals surface area contributed by atoms with Crippen LogP contribution in [0.4, 0.5) is 5.69 Å². The number of hydrogen-bond donors (Lipinski definition) is 1. The van der Waals surface area contributed by atoms with E-state index in [0.717, 1.165) is 10.9 Å². The summed E-state index contributed by atoms with van der Waals surface area (Å²) < 4.78 is 1.16. The molecule has 2 heteroatoms. The number of nitrogens with one attached hydrogen (secondary N) is 1. The number of anilines is 1. The van der Waals surface area contributed by atoms with Crippen molar-refractivity contribution in [1.29, 1.82) is 0 Å². The molecule has 0 saturated heterocycles. The van der Waals surface area contributed by atoms with Crippen LogP contribution in [0.3, 0.4) is 0 Å². The Balaban J connectivity index is 1.74. The number of allylic oxidation sites excluding steroid dienone is 2. The van der Waals surface area contributed by atoms with E-state index in [1.54, 1.807) is 0 Å². The van der Waals surface area contributed by atoms with Gasteiger partial charge in [0.2, 0.25) is 0 Å². The third-order valence-electron chi connectivity index (χ3n) is 5.31. The highest BCUT2D eigenvalue weighted by molar-refractivity contribution is 9.10. The molecule has 118 valence electrons. The molecule has 0 bridgehead atoms. The molecular weight excluding hydrogens is 346 g/mol. The van der Waals surface area contributed by atoms with Crippen LogP contribution in [0.2, 0.25) is 0 Å². The van der Waals surface area contributed by atoms with Crippen LogP contribution in [-0.2, 0) is 0 Å². The number of para-hydroxylation sites is 1. The first-order valence-corrected chi connectivity index (χ1v) is 9.26. The average Bonchev–Trinajstić information content (AvgIpc) is 3.04. The molecule has 4 rings (SSSR count). The van der Waals surface area contributed by atoms with Gasteiger partial charge < -0.3 is 5.32 Å². The van der Waals surface area contributed by atoms with Gasteiger partial charge in [0.25, 0.3) is 0 Å². The minimum atomic E-state index is 0.377. The Morgan fingerprint density at radius 2 is 1.87 bits per heavy atom. The van der Waals surface area contributed by atoms with Crippen LogP contribution in [0.15, 0.2) is 59.1 Å². The molecule has 2 aromatic rings. The molecule has 3 unspecified atom stereocenters. The Hall–Kier alpha value is -1.54. The molecule has 1 nitrogen and oxygen atoms in total. The first-order chi connectivity index (χ1) is 11.1. The molecule has 1 aliphatic heterocycles. The third-order valence-corrected chi connectivity index (χ3v) is 5.97. The van der Waals surface area contributed by atoms with Crippen molar-refractivity contribution in [1.82, 2.24) is 0 Å². The summed E-state index contributed by atoms with van der Waals surface area (Å²) in [5.41, 5.74) is 5.49. The lowest BCUT2D eigenvalue weighted by atomic mass is 9.77. The van der Waals surface area contributed by atoms with E-state index in [1.807, 2.05) is 0 Å². The van der Waals surface area contributed by atoms with Gasteiger partial charge in [0.05, 0.1) is 11.7 Å². The van der Waals surface area contributed by atoms with Gasteiger partial charge in [-0.3, -0.25) is 0 Å². The minimum absolute atomic E-state index is 0.377. The second-order valence-corrected chi connectivity index (χ2v) is 7.86. The van der Waals surface area contributed by atoms with Crippen molar-refractivity contribution in [2.24, 2.45) is 5.92 Å². The molecule has 0 radical (unpaired) electrons. The second-order valence-electron chi connectivity index (χ2n) is 7.00. The maximum atomic E-state index is 3.81. The van der Waals surface area contributed by atoms with Crippen molar-refractivity contribution >= 4 is 21.6 Å². The van der Waals surface area contributed by atoms with Gasteiger partial charge in [0, 0.05) is 10.4 Å². The highest BCUT2D eigenvalue weighted by Gasteiger charge is 2.38. The van der Waals surface area contributed by atoms with Crippen LogP contribution >= 0.6 is 15.9 Å². The van der Waals surface area contributed by atoms with Crippen molar-refractivity contribution in [2.75, 3.05) is 5.32 Å². The zero-order valence-electron chi connectivity index (χ0n) is 13.6. The minimum Gasteiger partial charge on any atom is -0.377 e. The van der Waals surface area contributed by atoms with Crippen molar-refractivity contribution in [3.05, 3.63) is 75.8 Å². The van der Waals surface area contributed by atoms with E-state index >= 15 is 0 Å². The van der Waals surface area contributed by atoms with Crippen LogP contribution < -0.4 is 5.32 Å². The van der Waals surface area contributed by atoms with E-state index in [9.17, 15) is 0 Å². The van der Waals surface area contributed by atoms with Crippen molar-refractivity contribution < 1.29 is 0 Å². The van der Waals surface area contributed by atoms with Crippen LogP contribution in [-0.4, -0.2) is 0 Å². The second kappa shape index (κ2) is 5.83. The molecule has 0 amide bonds. The molecule has 0 saturated carbocycles. The number of fused-ring (bicyclic) bond motifs is 3. The summed E-state index contributed by atoms with van der Waals surface area (Å²) >= 11 is 3.72. The van der Waals surface area contributed by atoms with E-state index < -0.39 is 0 Å². The van der Waals surface area contributed by atoms with Gasteiger partial charge in [0.1, 0.15) is 0 Å². The maximum absolute atomic E-state index is 3.81. The third kappa shape index (κ3) is 2.53. The lowest BCUT2D eigenvalue weighted by molar-refractivity contribution is 0.425. The van der Waals surface area contributed by atoms with E-state index in [0.29, 0.717) is 23.8 Å². The topological polar surface area (TPSA) is 12.0 Å². The van der Waals surface area contributed by atoms with E-state index in [2.05, 4.69) is 89.7 Å². The van der Waals surface area contributed by atoms with E-state index in [1.165, 1.54) is 22.4 Å². The van der Waals surface area contributed by atoms with Gasteiger partial charge in [-0.1, -0.05) is 62.4 Å². The number of hydrogen-bond acceptors (Lipinski definition) is 1. The highest BCUT2D eigenvalue weighted by Crippen LogP contribution is 2.51. The molecule has 0 spiro atoms. The fraction of sp³-hybridized carbons (Fsp3) is 0.333. The summed E-state index contributed by atoms with van der Waals surface area (Å²) in [7, 11) is 0. The van der Waals surface area contributed by atoms with Gasteiger partial charge in [-0.15, -0.1) is 0 Å². The molecular formula is C21H22BrN. The predicted molar refractivity (Wildman–Crippen MR) is 101 cm³/mol. The zero-order chi connectivity index (χ0) is 16.0. The monoisotopic (exact) mass is 367 g/mol. The summed E-state index contributed by atoms with van der Waals surface area (Å²) in [6, 6.07) is 16.1. The van der Waals surface area contributed by atoms with Gasteiger partial charge in [-0.25, -0.2) is 0 Å². The van der Waals surface area contributed by atoms with Crippen LogP contribution in [0, 0.1) is 5.92 Å². The Morgan fingerprint density at radius 3 is 2.61 bits per heavy atom. The molecule has 1 aliphatic carbocycles. The van der Waals surface area contributed by atoms with Crippen molar-refractivity contribution in [3.63, 3.8) is 0 Å². The smallest absolute Gasteiger partial charge is 0.0554 e. The molecule has 1 heterocycles. The molecule has 0 fully saturated rings. The lowest BCUT2D eigenvalue weighted by Gasteiger charge is -2.38. The van der Waals surface area contributed by atoms with Crippen molar-refractivity contribution in [3.8, 4) is 0 Å². The van der Waals surface area contributed by atoms with Crippen molar-refractivity contribution in [2.45, 2.75) is 38.1 Å². The Kier molecular flexibility index (Phi) is 3.81. The van der Waals surface area contributed by atoms with Gasteiger partial charge in [-0.2, -0.15) is 0 Å². The molecule has 3 atom stereocenters. The summed E-state index contributed by atoms with van der Waals surface area (Å²) in [5, 5.41) is 3.81. The van der Waals surface area contributed by atoms with Gasteiger partial charge >= 0.3 is 0 Å². The van der Waals surface area contributed by atoms with Crippen LogP contribution in [0.25, 0.3) is 0 Å².